The van der Waals surface area contributed by atoms with E-state index >= 15 is 9.18 Å². The van der Waals surface area contributed by atoms with Gasteiger partial charge in [-0.1, -0.05) is 59.7 Å². The van der Waals surface area contributed by atoms with Crippen LogP contribution in [0.4, 0.5) is 9.18 Å². The molecule has 0 unspecified atom stereocenters. The lowest BCUT2D eigenvalue weighted by molar-refractivity contribution is -0.345. The largest absolute Gasteiger partial charge is 0.456 e. The molecule has 0 aromatic heterocycles. The van der Waals surface area contributed by atoms with Gasteiger partial charge in [-0.25, -0.2) is 18.8 Å². The van der Waals surface area contributed by atoms with E-state index in [0.29, 0.717) is 48.7 Å². The number of hydrogen-bond donors (Lipinski definition) is 2. The van der Waals surface area contributed by atoms with Crippen molar-refractivity contribution in [2.45, 2.75) is 192 Å². The quantitative estimate of drug-likeness (QED) is 0.0782. The molecular weight excluding hydrogens is 884 g/mol. The molecule has 15 nitrogen and oxygen atoms in total. The maximum absolute atomic E-state index is 15.6. The van der Waals surface area contributed by atoms with E-state index in [1.54, 1.807) is 51.1 Å². The number of aliphatic hydroxyl groups is 1. The molecule has 3 aliphatic carbocycles. The average molecular weight is 959 g/mol. The van der Waals surface area contributed by atoms with Gasteiger partial charge in [0.2, 0.25) is 0 Å². The van der Waals surface area contributed by atoms with Crippen LogP contribution in [0, 0.1) is 16.7 Å². The molecule has 0 spiro atoms. The lowest BCUT2D eigenvalue weighted by Gasteiger charge is -2.68. The molecule has 1 aromatic rings. The minimum atomic E-state index is -2.78. The molecule has 2 bridgehead atoms. The number of rotatable bonds is 15. The molecule has 1 amide bonds. The van der Waals surface area contributed by atoms with E-state index < -0.39 is 121 Å². The fraction of sp³-hybridized carbons (Fsp3) is 0.760. The van der Waals surface area contributed by atoms with Crippen molar-refractivity contribution >= 4 is 32.3 Å². The standard InChI is InChI=1S/C50H75FN2O13Si/c1-13-67(14-2,15-3)66-48(12,34(27-51)52-44(57)65-45(6,7)8)43(56)60-33-26-50(58)41(63-42(55)32-20-17-16-18-21-32)39-47(11,23-22-35-49(39,29-59-35)64-31(5)54)40-38(37(30(33)4)46(50,9)10)61-36(62-40)28-53-24-19-25-53/h16-18,20-21,33-36,38-41,58H,13-15,19,22-29H2,1-12H3,(H,52,57)/t33-,34-,35+,36+,38+,39-,40+,41-,47+,48+,49-,50+/m0/s1. The molecule has 1 aromatic carbocycles. The predicted molar refractivity (Wildman–Crippen MR) is 247 cm³/mol. The van der Waals surface area contributed by atoms with Crippen LogP contribution in [0.3, 0.4) is 0 Å². The van der Waals surface area contributed by atoms with Crippen LogP contribution in [0.2, 0.25) is 18.1 Å². The number of likely N-dealkylation sites (tertiary alicyclic amines) is 1. The summed E-state index contributed by atoms with van der Waals surface area (Å²) >= 11 is 0. The topological polar surface area (TPSA) is 178 Å². The van der Waals surface area contributed by atoms with E-state index in [1.165, 1.54) is 13.8 Å². The van der Waals surface area contributed by atoms with E-state index in [0.717, 1.165) is 19.5 Å². The summed E-state index contributed by atoms with van der Waals surface area (Å²) in [5.41, 5.74) is -7.25. The molecule has 12 atom stereocenters. The summed E-state index contributed by atoms with van der Waals surface area (Å²) in [6.07, 6.45) is -4.68. The van der Waals surface area contributed by atoms with Crippen molar-refractivity contribution in [1.82, 2.24) is 10.2 Å². The van der Waals surface area contributed by atoms with Gasteiger partial charge in [-0.3, -0.25) is 9.69 Å². The maximum Gasteiger partial charge on any atom is 0.408 e. The number of benzene rings is 1. The first-order chi connectivity index (χ1) is 31.4. The van der Waals surface area contributed by atoms with Crippen LogP contribution in [0.5, 0.6) is 0 Å². The van der Waals surface area contributed by atoms with Gasteiger partial charge in [0.1, 0.15) is 42.3 Å². The van der Waals surface area contributed by atoms with Crippen molar-refractivity contribution in [3.05, 3.63) is 47.0 Å². The highest BCUT2D eigenvalue weighted by atomic mass is 28.4. The number of esters is 3. The lowest BCUT2D eigenvalue weighted by atomic mass is 9.45. The number of alkyl halides is 1. The van der Waals surface area contributed by atoms with Gasteiger partial charge in [0, 0.05) is 30.7 Å². The number of carbonyl (C=O) groups is 4. The zero-order valence-corrected chi connectivity index (χ0v) is 42.7. The molecule has 67 heavy (non-hydrogen) atoms. The highest BCUT2D eigenvalue weighted by molar-refractivity contribution is 6.73. The fourth-order valence-electron chi connectivity index (χ4n) is 12.2. The van der Waals surface area contributed by atoms with Crippen LogP contribution in [0.15, 0.2) is 41.5 Å². The summed E-state index contributed by atoms with van der Waals surface area (Å²) < 4.78 is 68.2. The van der Waals surface area contributed by atoms with Crippen LogP contribution in [0.1, 0.15) is 119 Å². The monoisotopic (exact) mass is 959 g/mol. The molecule has 3 heterocycles. The summed E-state index contributed by atoms with van der Waals surface area (Å²) in [4.78, 5) is 58.8. The van der Waals surface area contributed by atoms with Crippen LogP contribution in [0.25, 0.3) is 0 Å². The molecule has 7 rings (SSSR count). The number of carbonyl (C=O) groups excluding carboxylic acids is 4. The Morgan fingerprint density at radius 2 is 1.66 bits per heavy atom. The molecule has 2 N–H and O–H groups in total. The molecular formula is C50H75FN2O13Si. The molecule has 6 aliphatic rings. The molecule has 17 heteroatoms. The number of amides is 1. The minimum absolute atomic E-state index is 0.0220. The summed E-state index contributed by atoms with van der Waals surface area (Å²) in [6, 6.07) is 8.72. The maximum atomic E-state index is 15.6. The van der Waals surface area contributed by atoms with Crippen molar-refractivity contribution < 1.29 is 66.3 Å². The number of fused-ring (bicyclic) bond motifs is 8. The van der Waals surface area contributed by atoms with Gasteiger partial charge in [0.05, 0.1) is 30.2 Å². The number of nitrogens with zero attached hydrogens (tertiary/aromatic N) is 1. The van der Waals surface area contributed by atoms with Gasteiger partial charge in [-0.2, -0.15) is 0 Å². The number of halogens is 1. The summed E-state index contributed by atoms with van der Waals surface area (Å²) in [5.74, 6) is -3.16. The SMILES string of the molecule is CC[Si](CC)(CC)O[C@@](C)(C(=O)O[C@H]1C[C@@]2(O)[C@@H](OC(=O)c3ccccc3)[C@H]3[C@@](C)(CC[C@H]4OC[C@]43OC(C)=O)[C@@H]3O[C@H](CN4CCC4)O[C@@H]3C(=C1C)C2(C)C)[C@H](CF)NC(=O)OC(C)(C)C. The van der Waals surface area contributed by atoms with Crippen molar-refractivity contribution in [2.75, 3.05) is 32.9 Å². The number of nitrogens with one attached hydrogen (secondary N) is 1. The van der Waals surface area contributed by atoms with Gasteiger partial charge in [0.25, 0.3) is 0 Å². The Morgan fingerprint density at radius 1 is 1.00 bits per heavy atom. The normalized spacial score (nSPS) is 34.8. The van der Waals surface area contributed by atoms with Crippen molar-refractivity contribution in [3.63, 3.8) is 0 Å². The van der Waals surface area contributed by atoms with Gasteiger partial charge in [-0.05, 0) is 108 Å². The predicted octanol–water partition coefficient (Wildman–Crippen LogP) is 7.19. The lowest BCUT2D eigenvalue weighted by Crippen LogP contribution is -2.79. The highest BCUT2D eigenvalue weighted by Gasteiger charge is 2.77. The van der Waals surface area contributed by atoms with Crippen LogP contribution >= 0.6 is 0 Å². The third-order valence-electron chi connectivity index (χ3n) is 16.4. The highest BCUT2D eigenvalue weighted by Crippen LogP contribution is 2.67. The van der Waals surface area contributed by atoms with Crippen LogP contribution in [-0.4, -0.2) is 140 Å². The van der Waals surface area contributed by atoms with Gasteiger partial charge >= 0.3 is 24.0 Å². The summed E-state index contributed by atoms with van der Waals surface area (Å²) in [5, 5.41) is 16.7. The molecule has 5 fully saturated rings. The van der Waals surface area contributed by atoms with E-state index in [-0.39, 0.29) is 18.6 Å². The average Bonchev–Trinajstić information content (AvgIpc) is 3.66. The molecule has 374 valence electrons. The number of ether oxygens (including phenoxy) is 7. The van der Waals surface area contributed by atoms with E-state index in [2.05, 4.69) is 10.2 Å². The zero-order valence-electron chi connectivity index (χ0n) is 41.7. The molecule has 3 saturated heterocycles. The second-order valence-electron chi connectivity index (χ2n) is 21.8. The van der Waals surface area contributed by atoms with E-state index in [1.807, 2.05) is 48.5 Å². The Morgan fingerprint density at radius 3 is 2.19 bits per heavy atom. The Labute approximate surface area is 396 Å². The third kappa shape index (κ3) is 9.01. The summed E-state index contributed by atoms with van der Waals surface area (Å²) in [6.45, 7) is 22.4. The Bertz CT molecular complexity index is 2050. The first kappa shape index (κ1) is 51.4. The van der Waals surface area contributed by atoms with Gasteiger partial charge in [-0.15, -0.1) is 0 Å². The van der Waals surface area contributed by atoms with Gasteiger partial charge in [0.15, 0.2) is 25.8 Å². The number of hydrogen-bond acceptors (Lipinski definition) is 14. The fourth-order valence-corrected chi connectivity index (χ4v) is 15.3. The number of alkyl carbamates (subject to hydrolysis) is 1. The Kier molecular flexibility index (Phi) is 14.3. The molecule has 3 aliphatic heterocycles. The zero-order chi connectivity index (χ0) is 49.1. The molecule has 2 saturated carbocycles. The van der Waals surface area contributed by atoms with Crippen LogP contribution < -0.4 is 5.32 Å². The second kappa shape index (κ2) is 18.7. The Balaban J connectivity index is 1.41. The van der Waals surface area contributed by atoms with Crippen LogP contribution in [-0.2, 0) is 47.2 Å². The first-order valence-electron chi connectivity index (χ1n) is 24.4. The van der Waals surface area contributed by atoms with Gasteiger partial charge < -0.3 is 48.0 Å². The van der Waals surface area contributed by atoms with E-state index in [4.69, 9.17) is 37.6 Å². The summed E-state index contributed by atoms with van der Waals surface area (Å²) in [7, 11) is -2.78. The van der Waals surface area contributed by atoms with E-state index in [9.17, 15) is 19.5 Å². The second-order valence-corrected chi connectivity index (χ2v) is 26.5. The molecule has 0 radical (unpaired) electrons. The Hall–Kier alpha value is -3.45. The van der Waals surface area contributed by atoms with Crippen molar-refractivity contribution in [2.24, 2.45) is 16.7 Å². The first-order valence-corrected chi connectivity index (χ1v) is 26.9. The third-order valence-corrected chi connectivity index (χ3v) is 21.2. The van der Waals surface area contributed by atoms with Crippen molar-refractivity contribution in [3.8, 4) is 0 Å². The smallest absolute Gasteiger partial charge is 0.408 e. The minimum Gasteiger partial charge on any atom is -0.456 e. The van der Waals surface area contributed by atoms with Crippen molar-refractivity contribution in [1.29, 1.82) is 0 Å².